The highest BCUT2D eigenvalue weighted by molar-refractivity contribution is 7.99. The van der Waals surface area contributed by atoms with Crippen molar-refractivity contribution in [3.8, 4) is 11.5 Å². The zero-order valence-electron chi connectivity index (χ0n) is 18.3. The number of primary amides is 1. The second-order valence-corrected chi connectivity index (χ2v) is 8.34. The Morgan fingerprint density at radius 2 is 1.81 bits per heavy atom. The van der Waals surface area contributed by atoms with Crippen LogP contribution < -0.4 is 15.2 Å². The fourth-order valence-electron chi connectivity index (χ4n) is 3.35. The number of rotatable bonds is 14. The van der Waals surface area contributed by atoms with E-state index in [1.54, 1.807) is 26.0 Å². The molecule has 2 rings (SSSR count). The number of halogens is 1. The lowest BCUT2D eigenvalue weighted by Gasteiger charge is -2.20. The first-order valence-corrected chi connectivity index (χ1v) is 11.5. The van der Waals surface area contributed by atoms with Gasteiger partial charge in [0.1, 0.15) is 17.6 Å². The zero-order valence-corrected chi connectivity index (χ0v) is 19.1. The Bertz CT molecular complexity index is 804. The summed E-state index contributed by atoms with van der Waals surface area (Å²) in [5.74, 6) is 2.33. The van der Waals surface area contributed by atoms with E-state index in [1.165, 1.54) is 5.56 Å². The van der Waals surface area contributed by atoms with E-state index in [1.807, 2.05) is 42.5 Å². The molecule has 1 unspecified atom stereocenters. The van der Waals surface area contributed by atoms with Crippen LogP contribution in [0.25, 0.3) is 0 Å². The number of unbranched alkanes of at least 4 members (excludes halogenated alkanes) is 2. The van der Waals surface area contributed by atoms with Crippen LogP contribution in [0.3, 0.4) is 0 Å². The van der Waals surface area contributed by atoms with Crippen molar-refractivity contribution < 1.29 is 23.4 Å². The summed E-state index contributed by atoms with van der Waals surface area (Å²) in [6, 6.07) is 13.9. The standard InChI is InChI=1S/C24H32FNO4S/c1-28-21-17-23(31-14-8-4-7-13-25)22(29-2)16-19(21)15-20(30-24(26)27)12-11-18-9-5-3-6-10-18/h3,5-6,9-10,16-17,20H,4,7-8,11-15H2,1-2H3,(H2,26,27). The van der Waals surface area contributed by atoms with E-state index in [0.29, 0.717) is 25.0 Å². The average molecular weight is 450 g/mol. The molecule has 0 aliphatic heterocycles. The maximum absolute atomic E-state index is 12.3. The summed E-state index contributed by atoms with van der Waals surface area (Å²) < 4.78 is 28.8. The number of carbonyl (C=O) groups excluding carboxylic acids is 1. The first kappa shape index (κ1) is 24.9. The van der Waals surface area contributed by atoms with E-state index >= 15 is 0 Å². The minimum Gasteiger partial charge on any atom is -0.496 e. The first-order chi connectivity index (χ1) is 15.1. The average Bonchev–Trinajstić information content (AvgIpc) is 2.78. The lowest BCUT2D eigenvalue weighted by molar-refractivity contribution is 0.101. The van der Waals surface area contributed by atoms with Gasteiger partial charge in [0.25, 0.3) is 0 Å². The molecule has 170 valence electrons. The molecule has 31 heavy (non-hydrogen) atoms. The van der Waals surface area contributed by atoms with E-state index in [-0.39, 0.29) is 12.8 Å². The molecular weight excluding hydrogens is 417 g/mol. The molecule has 0 aliphatic carbocycles. The molecule has 0 heterocycles. The van der Waals surface area contributed by atoms with E-state index in [2.05, 4.69) is 0 Å². The molecule has 2 aromatic carbocycles. The summed E-state index contributed by atoms with van der Waals surface area (Å²) in [7, 11) is 3.25. The van der Waals surface area contributed by atoms with Gasteiger partial charge in [-0.25, -0.2) is 4.79 Å². The molecule has 7 heteroatoms. The quantitative estimate of drug-likeness (QED) is 0.301. The SMILES string of the molecule is COc1cc(SCCCCCF)c(OC)cc1CC(CCc1ccccc1)OC(N)=O. The lowest BCUT2D eigenvalue weighted by Crippen LogP contribution is -2.25. The van der Waals surface area contributed by atoms with Crippen LogP contribution >= 0.6 is 11.8 Å². The van der Waals surface area contributed by atoms with Crippen molar-refractivity contribution in [2.24, 2.45) is 5.73 Å². The number of thioether (sulfide) groups is 1. The van der Waals surface area contributed by atoms with Crippen molar-refractivity contribution in [3.05, 3.63) is 53.6 Å². The van der Waals surface area contributed by atoms with Crippen LogP contribution in [-0.4, -0.2) is 38.8 Å². The highest BCUT2D eigenvalue weighted by Crippen LogP contribution is 2.37. The molecule has 0 saturated heterocycles. The van der Waals surface area contributed by atoms with Crippen LogP contribution in [0.1, 0.15) is 36.8 Å². The van der Waals surface area contributed by atoms with Crippen molar-refractivity contribution in [3.63, 3.8) is 0 Å². The van der Waals surface area contributed by atoms with E-state index in [9.17, 15) is 9.18 Å². The number of carbonyl (C=O) groups is 1. The normalized spacial score (nSPS) is 11.7. The van der Waals surface area contributed by atoms with E-state index in [0.717, 1.165) is 41.2 Å². The molecule has 0 radical (unpaired) electrons. The second-order valence-electron chi connectivity index (χ2n) is 7.20. The number of aryl methyl sites for hydroxylation is 1. The molecule has 0 fully saturated rings. The van der Waals surface area contributed by atoms with E-state index < -0.39 is 6.09 Å². The third-order valence-electron chi connectivity index (χ3n) is 4.93. The Hall–Kier alpha value is -2.41. The van der Waals surface area contributed by atoms with Crippen molar-refractivity contribution in [2.75, 3.05) is 26.6 Å². The Labute approximate surface area is 188 Å². The molecule has 0 aliphatic rings. The number of alkyl halides is 1. The molecule has 1 atom stereocenters. The van der Waals surface area contributed by atoms with Gasteiger partial charge in [-0.15, -0.1) is 11.8 Å². The smallest absolute Gasteiger partial charge is 0.404 e. The van der Waals surface area contributed by atoms with Gasteiger partial charge in [-0.1, -0.05) is 36.8 Å². The zero-order chi connectivity index (χ0) is 22.5. The number of nitrogens with two attached hydrogens (primary N) is 1. The van der Waals surface area contributed by atoms with Crippen LogP contribution in [0.15, 0.2) is 47.4 Å². The third-order valence-corrected chi connectivity index (χ3v) is 6.05. The summed E-state index contributed by atoms with van der Waals surface area (Å²) in [6.07, 6.45) is 3.12. The predicted molar refractivity (Wildman–Crippen MR) is 123 cm³/mol. The summed E-state index contributed by atoms with van der Waals surface area (Å²) in [5.41, 5.74) is 7.37. The Balaban J connectivity index is 2.12. The van der Waals surface area contributed by atoms with E-state index in [4.69, 9.17) is 19.9 Å². The number of hydrogen-bond acceptors (Lipinski definition) is 5. The number of ether oxygens (including phenoxy) is 3. The minimum atomic E-state index is -0.788. The van der Waals surface area contributed by atoms with Gasteiger partial charge in [-0.05, 0) is 49.1 Å². The topological polar surface area (TPSA) is 70.8 Å². The summed E-state index contributed by atoms with van der Waals surface area (Å²) in [5, 5.41) is 0. The van der Waals surface area contributed by atoms with Gasteiger partial charge < -0.3 is 19.9 Å². The van der Waals surface area contributed by atoms with Crippen molar-refractivity contribution in [2.45, 2.75) is 49.5 Å². The molecule has 0 spiro atoms. The minimum absolute atomic E-state index is 0.269. The van der Waals surface area contributed by atoms with Gasteiger partial charge in [-0.3, -0.25) is 4.39 Å². The summed E-state index contributed by atoms with van der Waals surface area (Å²) >= 11 is 1.66. The Morgan fingerprint density at radius 1 is 1.06 bits per heavy atom. The highest BCUT2D eigenvalue weighted by Gasteiger charge is 2.19. The van der Waals surface area contributed by atoms with Crippen LogP contribution in [-0.2, 0) is 17.6 Å². The Kier molecular flexibility index (Phi) is 11.1. The van der Waals surface area contributed by atoms with Crippen molar-refractivity contribution in [1.29, 1.82) is 0 Å². The summed E-state index contributed by atoms with van der Waals surface area (Å²) in [6.45, 7) is -0.269. The molecule has 2 aromatic rings. The molecule has 0 saturated carbocycles. The fraction of sp³-hybridized carbons (Fsp3) is 0.458. The Morgan fingerprint density at radius 3 is 2.45 bits per heavy atom. The van der Waals surface area contributed by atoms with Gasteiger partial charge in [0.05, 0.1) is 25.8 Å². The van der Waals surface area contributed by atoms with Crippen LogP contribution in [0.2, 0.25) is 0 Å². The van der Waals surface area contributed by atoms with Crippen molar-refractivity contribution in [1.82, 2.24) is 0 Å². The number of benzene rings is 2. The van der Waals surface area contributed by atoms with Gasteiger partial charge >= 0.3 is 6.09 Å². The molecule has 5 nitrogen and oxygen atoms in total. The second kappa shape index (κ2) is 13.8. The maximum atomic E-state index is 12.3. The molecule has 2 N–H and O–H groups in total. The molecule has 0 bridgehead atoms. The monoisotopic (exact) mass is 449 g/mol. The summed E-state index contributed by atoms with van der Waals surface area (Å²) in [4.78, 5) is 12.4. The molecule has 0 aromatic heterocycles. The van der Waals surface area contributed by atoms with Crippen molar-refractivity contribution >= 4 is 17.9 Å². The fourth-order valence-corrected chi connectivity index (χ4v) is 4.39. The number of methoxy groups -OCH3 is 2. The first-order valence-electron chi connectivity index (χ1n) is 10.5. The van der Waals surface area contributed by atoms with Gasteiger partial charge in [0, 0.05) is 12.0 Å². The highest BCUT2D eigenvalue weighted by atomic mass is 32.2. The molecular formula is C24H32FNO4S. The van der Waals surface area contributed by atoms with Gasteiger partial charge in [-0.2, -0.15) is 0 Å². The number of amides is 1. The maximum Gasteiger partial charge on any atom is 0.404 e. The van der Waals surface area contributed by atoms with Crippen LogP contribution in [0, 0.1) is 0 Å². The largest absolute Gasteiger partial charge is 0.496 e. The van der Waals surface area contributed by atoms with Crippen LogP contribution in [0.5, 0.6) is 11.5 Å². The molecule has 1 amide bonds. The van der Waals surface area contributed by atoms with Crippen LogP contribution in [0.4, 0.5) is 9.18 Å². The lowest BCUT2D eigenvalue weighted by atomic mass is 10.00. The van der Waals surface area contributed by atoms with Gasteiger partial charge in [0.15, 0.2) is 0 Å². The third kappa shape index (κ3) is 8.69. The number of hydrogen-bond donors (Lipinski definition) is 1. The van der Waals surface area contributed by atoms with Gasteiger partial charge in [0.2, 0.25) is 0 Å². The predicted octanol–water partition coefficient (Wildman–Crippen LogP) is 5.57.